The van der Waals surface area contributed by atoms with Crippen molar-refractivity contribution in [3.63, 3.8) is 0 Å². The van der Waals surface area contributed by atoms with Crippen LogP contribution in [0.2, 0.25) is 13.1 Å². The first-order valence-corrected chi connectivity index (χ1v) is 8.45. The van der Waals surface area contributed by atoms with Gasteiger partial charge in [0, 0.05) is 11.6 Å². The zero-order valence-corrected chi connectivity index (χ0v) is 11.1. The Labute approximate surface area is 92.0 Å². The van der Waals surface area contributed by atoms with Crippen LogP contribution in [0.3, 0.4) is 0 Å². The van der Waals surface area contributed by atoms with E-state index in [9.17, 15) is 5.11 Å². The van der Waals surface area contributed by atoms with Crippen molar-refractivity contribution in [2.75, 3.05) is 0 Å². The Balaban J connectivity index is 2.69. The van der Waals surface area contributed by atoms with Crippen LogP contribution in [0.15, 0.2) is 0 Å². The zero-order chi connectivity index (χ0) is 11.4. The molecule has 82 valence electrons. The van der Waals surface area contributed by atoms with Crippen LogP contribution in [0.1, 0.15) is 22.3 Å². The van der Waals surface area contributed by atoms with Crippen molar-refractivity contribution < 1.29 is 9.53 Å². The fraction of sp³-hybridized carbons (Fsp3) is 0.500. The van der Waals surface area contributed by atoms with Crippen LogP contribution in [-0.4, -0.2) is 13.4 Å². The molecule has 0 saturated carbocycles. The molecule has 3 heteroatoms. The Morgan fingerprint density at radius 1 is 1.07 bits per heavy atom. The van der Waals surface area contributed by atoms with Gasteiger partial charge >= 0.3 is 0 Å². The summed E-state index contributed by atoms with van der Waals surface area (Å²) in [5.41, 5.74) is 4.29. The maximum absolute atomic E-state index is 9.98. The third-order valence-electron chi connectivity index (χ3n) is 3.32. The Morgan fingerprint density at radius 2 is 1.67 bits per heavy atom. The lowest BCUT2D eigenvalue weighted by atomic mass is 9.98. The molecular weight excluding hydrogens is 204 g/mol. The molecule has 0 unspecified atom stereocenters. The van der Waals surface area contributed by atoms with Crippen LogP contribution in [0, 0.1) is 20.8 Å². The third kappa shape index (κ3) is 1.46. The number of hydrogen-bond acceptors (Lipinski definition) is 2. The summed E-state index contributed by atoms with van der Waals surface area (Å²) < 4.78 is 6.07. The predicted octanol–water partition coefficient (Wildman–Crippen LogP) is 3.00. The number of benzene rings is 1. The van der Waals surface area contributed by atoms with Crippen molar-refractivity contribution in [3.8, 4) is 11.5 Å². The Kier molecular flexibility index (Phi) is 2.12. The molecule has 2 nitrogen and oxygen atoms in total. The van der Waals surface area contributed by atoms with Gasteiger partial charge in [0.25, 0.3) is 0 Å². The second-order valence-corrected chi connectivity index (χ2v) is 9.15. The molecule has 0 fully saturated rings. The van der Waals surface area contributed by atoms with Crippen LogP contribution >= 0.6 is 0 Å². The summed E-state index contributed by atoms with van der Waals surface area (Å²) in [6.45, 7) is 10.4. The van der Waals surface area contributed by atoms with Gasteiger partial charge in [-0.2, -0.15) is 0 Å². The van der Waals surface area contributed by atoms with Crippen LogP contribution in [0.4, 0.5) is 0 Å². The lowest BCUT2D eigenvalue weighted by Crippen LogP contribution is -2.32. The molecule has 1 aliphatic heterocycles. The van der Waals surface area contributed by atoms with Gasteiger partial charge in [-0.3, -0.25) is 0 Å². The highest BCUT2D eigenvalue weighted by molar-refractivity contribution is 6.72. The van der Waals surface area contributed by atoms with Gasteiger partial charge < -0.3 is 9.53 Å². The molecule has 2 rings (SSSR count). The SMILES string of the molecule is Cc1c(C)c2c(c(C)c1O)C[Si](C)(C)O2. The molecule has 1 aromatic rings. The minimum Gasteiger partial charge on any atom is -0.543 e. The first-order valence-electron chi connectivity index (χ1n) is 5.34. The highest BCUT2D eigenvalue weighted by Crippen LogP contribution is 2.43. The third-order valence-corrected chi connectivity index (χ3v) is 5.28. The first-order chi connectivity index (χ1) is 6.83. The smallest absolute Gasteiger partial charge is 0.249 e. The standard InChI is InChI=1S/C12H18O2Si/c1-7-8(2)12-10(9(3)11(7)13)6-15(4,5)14-12/h13H,6H2,1-5H3. The van der Waals surface area contributed by atoms with Gasteiger partial charge in [0.15, 0.2) is 0 Å². The summed E-state index contributed by atoms with van der Waals surface area (Å²) in [6, 6.07) is 1.02. The Hall–Kier alpha value is -0.963. The Bertz CT molecular complexity index is 397. The van der Waals surface area contributed by atoms with E-state index in [-0.39, 0.29) is 0 Å². The van der Waals surface area contributed by atoms with Gasteiger partial charge in [0.2, 0.25) is 8.32 Å². The maximum atomic E-state index is 9.98. The van der Waals surface area contributed by atoms with E-state index in [1.807, 2.05) is 20.8 Å². The number of phenolic OH excluding ortho intramolecular Hbond substituents is 1. The van der Waals surface area contributed by atoms with Gasteiger partial charge in [-0.15, -0.1) is 0 Å². The fourth-order valence-electron chi connectivity index (χ4n) is 2.26. The van der Waals surface area contributed by atoms with E-state index in [2.05, 4.69) is 13.1 Å². The molecule has 1 N–H and O–H groups in total. The van der Waals surface area contributed by atoms with Crippen molar-refractivity contribution in [2.24, 2.45) is 0 Å². The van der Waals surface area contributed by atoms with E-state index in [0.717, 1.165) is 28.5 Å². The summed E-state index contributed by atoms with van der Waals surface area (Å²) >= 11 is 0. The van der Waals surface area contributed by atoms with E-state index in [1.165, 1.54) is 5.56 Å². The predicted molar refractivity (Wildman–Crippen MR) is 64.1 cm³/mol. The number of rotatable bonds is 0. The quantitative estimate of drug-likeness (QED) is 0.684. The number of hydrogen-bond donors (Lipinski definition) is 1. The molecule has 1 aromatic carbocycles. The number of phenols is 1. The fourth-order valence-corrected chi connectivity index (χ4v) is 4.44. The second-order valence-electron chi connectivity index (χ2n) is 5.07. The topological polar surface area (TPSA) is 29.5 Å². The van der Waals surface area contributed by atoms with E-state index in [1.54, 1.807) is 0 Å². The average molecular weight is 222 g/mol. The van der Waals surface area contributed by atoms with Crippen LogP contribution in [-0.2, 0) is 6.04 Å². The molecule has 0 aromatic heterocycles. The van der Waals surface area contributed by atoms with Crippen LogP contribution < -0.4 is 4.43 Å². The highest BCUT2D eigenvalue weighted by Gasteiger charge is 2.36. The second kappa shape index (κ2) is 3.01. The molecule has 0 aliphatic carbocycles. The van der Waals surface area contributed by atoms with Crippen molar-refractivity contribution in [1.29, 1.82) is 0 Å². The summed E-state index contributed by atoms with van der Waals surface area (Å²) in [5.74, 6) is 1.49. The normalized spacial score (nSPS) is 17.4. The molecule has 0 atom stereocenters. The van der Waals surface area contributed by atoms with Gasteiger partial charge in [-0.05, 0) is 50.6 Å². The van der Waals surface area contributed by atoms with Gasteiger partial charge in [-0.1, -0.05) is 0 Å². The number of aromatic hydroxyl groups is 1. The van der Waals surface area contributed by atoms with E-state index in [4.69, 9.17) is 4.43 Å². The van der Waals surface area contributed by atoms with E-state index < -0.39 is 8.32 Å². The maximum Gasteiger partial charge on any atom is 0.249 e. The lowest BCUT2D eigenvalue weighted by molar-refractivity contribution is 0.463. The average Bonchev–Trinajstić information content (AvgIpc) is 2.48. The summed E-state index contributed by atoms with van der Waals surface area (Å²) in [6.07, 6.45) is 0. The van der Waals surface area contributed by atoms with E-state index in [0.29, 0.717) is 5.75 Å². The van der Waals surface area contributed by atoms with Crippen molar-refractivity contribution in [3.05, 3.63) is 22.3 Å². The molecule has 1 aliphatic rings. The van der Waals surface area contributed by atoms with Crippen molar-refractivity contribution in [1.82, 2.24) is 0 Å². The molecule has 0 bridgehead atoms. The molecule has 0 amide bonds. The highest BCUT2D eigenvalue weighted by atomic mass is 28.4. The summed E-state index contributed by atoms with van der Waals surface area (Å²) in [5, 5.41) is 9.98. The van der Waals surface area contributed by atoms with Crippen molar-refractivity contribution >= 4 is 8.32 Å². The monoisotopic (exact) mass is 222 g/mol. The lowest BCUT2D eigenvalue weighted by Gasteiger charge is -2.16. The Morgan fingerprint density at radius 3 is 2.27 bits per heavy atom. The van der Waals surface area contributed by atoms with Gasteiger partial charge in [0.05, 0.1) is 0 Å². The molecule has 1 heterocycles. The van der Waals surface area contributed by atoms with Gasteiger partial charge in [0.1, 0.15) is 11.5 Å². The molecule has 0 radical (unpaired) electrons. The largest absolute Gasteiger partial charge is 0.543 e. The van der Waals surface area contributed by atoms with Gasteiger partial charge in [-0.25, -0.2) is 0 Å². The van der Waals surface area contributed by atoms with Crippen LogP contribution in [0.25, 0.3) is 0 Å². The number of fused-ring (bicyclic) bond motifs is 1. The summed E-state index contributed by atoms with van der Waals surface area (Å²) in [7, 11) is -1.56. The minimum atomic E-state index is -1.56. The summed E-state index contributed by atoms with van der Waals surface area (Å²) in [4.78, 5) is 0. The van der Waals surface area contributed by atoms with Crippen molar-refractivity contribution in [2.45, 2.75) is 39.9 Å². The van der Waals surface area contributed by atoms with E-state index >= 15 is 0 Å². The molecule has 15 heavy (non-hydrogen) atoms. The molecule has 0 spiro atoms. The van der Waals surface area contributed by atoms with Crippen LogP contribution in [0.5, 0.6) is 11.5 Å². The first kappa shape index (κ1) is 10.6. The molecule has 0 saturated heterocycles. The minimum absolute atomic E-state index is 0.446. The zero-order valence-electron chi connectivity index (χ0n) is 10.1. The molecular formula is C12H18O2Si.